The van der Waals surface area contributed by atoms with Gasteiger partial charge in [-0.05, 0) is 72.9 Å². The van der Waals surface area contributed by atoms with Gasteiger partial charge in [0.05, 0.1) is 14.8 Å². The first kappa shape index (κ1) is 44.7. The standard InChI is InChI=1S/C37H39N9O14S/c1-22(32(47)39-26-14-15-42(17-26)33(48)31-16-30(61)18-43(31)37(51)60-21-25-6-12-29(13-7-25)46(56)57)38-34(40-35(49)58-19-23-2-8-27(9-3-23)44(52)53)41-36(50)59-20-24-4-10-28(11-5-24)45(54)55/h2-13,22,26,30-31,61H,14-21H2,1H3,(H,39,47)(H2,38,40,41,49,50)/t22-,26+,30+,31+/m1/s1. The van der Waals surface area contributed by atoms with E-state index in [0.29, 0.717) is 23.1 Å². The molecule has 2 heterocycles. The van der Waals surface area contributed by atoms with Gasteiger partial charge in [-0.1, -0.05) is 0 Å². The van der Waals surface area contributed by atoms with Crippen LogP contribution in [0.1, 0.15) is 36.5 Å². The first-order valence-electron chi connectivity index (χ1n) is 18.4. The van der Waals surface area contributed by atoms with Crippen LogP contribution in [0, 0.1) is 30.3 Å². The fraction of sp³-hybridized carbons (Fsp3) is 0.351. The highest BCUT2D eigenvalue weighted by Gasteiger charge is 2.43. The molecule has 3 aromatic rings. The molecule has 2 aliphatic rings. The van der Waals surface area contributed by atoms with Crippen LogP contribution in [-0.4, -0.2) is 104 Å². The third kappa shape index (κ3) is 12.8. The van der Waals surface area contributed by atoms with E-state index in [0.717, 1.165) is 0 Å². The van der Waals surface area contributed by atoms with Crippen LogP contribution in [0.15, 0.2) is 77.8 Å². The predicted molar refractivity (Wildman–Crippen MR) is 214 cm³/mol. The van der Waals surface area contributed by atoms with Crippen LogP contribution in [0.2, 0.25) is 0 Å². The number of nitro groups is 3. The quantitative estimate of drug-likeness (QED) is 0.0476. The van der Waals surface area contributed by atoms with Crippen molar-refractivity contribution in [3.8, 4) is 0 Å². The van der Waals surface area contributed by atoms with Gasteiger partial charge in [0.1, 0.15) is 31.9 Å². The highest BCUT2D eigenvalue weighted by molar-refractivity contribution is 7.81. The molecule has 2 saturated heterocycles. The van der Waals surface area contributed by atoms with Crippen molar-refractivity contribution in [2.24, 2.45) is 4.99 Å². The minimum Gasteiger partial charge on any atom is -0.445 e. The lowest BCUT2D eigenvalue weighted by Crippen LogP contribution is -2.49. The number of thiol groups is 1. The van der Waals surface area contributed by atoms with Crippen LogP contribution in [-0.2, 0) is 43.6 Å². The molecule has 3 aromatic carbocycles. The minimum absolute atomic E-state index is 0.0910. The smallest absolute Gasteiger partial charge is 0.414 e. The van der Waals surface area contributed by atoms with Crippen molar-refractivity contribution in [3.05, 3.63) is 120 Å². The average Bonchev–Trinajstić information content (AvgIpc) is 3.88. The zero-order chi connectivity index (χ0) is 44.2. The van der Waals surface area contributed by atoms with E-state index in [1.54, 1.807) is 0 Å². The summed E-state index contributed by atoms with van der Waals surface area (Å²) in [5.74, 6) is -1.56. The highest BCUT2D eigenvalue weighted by atomic mass is 32.1. The molecule has 0 spiro atoms. The van der Waals surface area contributed by atoms with Crippen molar-refractivity contribution in [1.29, 1.82) is 0 Å². The molecule has 23 nitrogen and oxygen atoms in total. The molecule has 3 N–H and O–H groups in total. The van der Waals surface area contributed by atoms with Crippen molar-refractivity contribution in [2.45, 2.75) is 63.0 Å². The van der Waals surface area contributed by atoms with E-state index in [2.05, 4.69) is 33.6 Å². The zero-order valence-electron chi connectivity index (χ0n) is 32.2. The van der Waals surface area contributed by atoms with Gasteiger partial charge in [-0.15, -0.1) is 0 Å². The molecule has 0 saturated carbocycles. The molecule has 4 atom stereocenters. The van der Waals surface area contributed by atoms with E-state index in [9.17, 15) is 54.3 Å². The van der Waals surface area contributed by atoms with E-state index in [4.69, 9.17) is 14.2 Å². The van der Waals surface area contributed by atoms with Gasteiger partial charge in [-0.25, -0.2) is 19.4 Å². The van der Waals surface area contributed by atoms with E-state index in [-0.39, 0.29) is 74.1 Å². The second-order valence-electron chi connectivity index (χ2n) is 13.7. The lowest BCUT2D eigenvalue weighted by Gasteiger charge is -2.27. The van der Waals surface area contributed by atoms with Gasteiger partial charge in [0, 0.05) is 67.3 Å². The number of likely N-dealkylation sites (tertiary alicyclic amines) is 2. The minimum atomic E-state index is -1.24. The number of non-ortho nitro benzene ring substituents is 3. The fourth-order valence-electron chi connectivity index (χ4n) is 6.14. The van der Waals surface area contributed by atoms with Crippen molar-refractivity contribution in [1.82, 2.24) is 25.8 Å². The molecule has 0 radical (unpaired) electrons. The summed E-state index contributed by atoms with van der Waals surface area (Å²) in [5.41, 5.74) is 0.848. The molecule has 24 heteroatoms. The Kier molecular flexibility index (Phi) is 15.1. The Morgan fingerprint density at radius 2 is 1.18 bits per heavy atom. The van der Waals surface area contributed by atoms with Gasteiger partial charge in [-0.2, -0.15) is 12.6 Å². The molecule has 2 aliphatic heterocycles. The Balaban J connectivity index is 1.17. The second-order valence-corrected chi connectivity index (χ2v) is 14.4. The first-order valence-corrected chi connectivity index (χ1v) is 18.9. The maximum atomic E-state index is 13.7. The summed E-state index contributed by atoms with van der Waals surface area (Å²) in [6, 6.07) is 13.2. The summed E-state index contributed by atoms with van der Waals surface area (Å²) < 4.78 is 15.7. The van der Waals surface area contributed by atoms with E-state index >= 15 is 0 Å². The Hall–Kier alpha value is -7.37. The summed E-state index contributed by atoms with van der Waals surface area (Å²) in [5, 5.41) is 39.7. The van der Waals surface area contributed by atoms with Gasteiger partial charge in [-0.3, -0.25) is 55.5 Å². The number of aliphatic imine (C=N–C) groups is 1. The van der Waals surface area contributed by atoms with Crippen LogP contribution in [0.25, 0.3) is 0 Å². The first-order chi connectivity index (χ1) is 29.1. The number of alkyl carbamates (subject to hydrolysis) is 2. The Morgan fingerprint density at radius 1 is 0.738 bits per heavy atom. The largest absolute Gasteiger partial charge is 0.445 e. The number of amides is 5. The number of benzene rings is 3. The van der Waals surface area contributed by atoms with Crippen LogP contribution >= 0.6 is 12.6 Å². The Labute approximate surface area is 351 Å². The predicted octanol–water partition coefficient (Wildman–Crippen LogP) is 3.73. The normalized spacial score (nSPS) is 17.3. The Morgan fingerprint density at radius 3 is 1.62 bits per heavy atom. The van der Waals surface area contributed by atoms with E-state index in [1.165, 1.54) is 89.5 Å². The Bertz CT molecular complexity index is 2100. The number of ether oxygens (including phenoxy) is 3. The van der Waals surface area contributed by atoms with Crippen LogP contribution in [0.3, 0.4) is 0 Å². The number of carbonyl (C=O) groups excluding carboxylic acids is 5. The van der Waals surface area contributed by atoms with Crippen molar-refractivity contribution in [3.63, 3.8) is 0 Å². The third-order valence-electron chi connectivity index (χ3n) is 9.33. The second kappa shape index (κ2) is 20.5. The van der Waals surface area contributed by atoms with Crippen molar-refractivity contribution < 1.29 is 53.0 Å². The molecule has 2 fully saturated rings. The number of nitrogens with zero attached hydrogens (tertiary/aromatic N) is 6. The summed E-state index contributed by atoms with van der Waals surface area (Å²) in [7, 11) is 0. The summed E-state index contributed by atoms with van der Waals surface area (Å²) in [6.45, 7) is 1.01. The number of guanidine groups is 1. The molecule has 0 aromatic heterocycles. The number of hydrogen-bond donors (Lipinski definition) is 4. The molecule has 322 valence electrons. The molecular weight excluding hydrogens is 827 g/mol. The topological polar surface area (TPSA) is 297 Å². The lowest BCUT2D eigenvalue weighted by molar-refractivity contribution is -0.385. The fourth-order valence-corrected chi connectivity index (χ4v) is 6.52. The van der Waals surface area contributed by atoms with E-state index < -0.39 is 63.0 Å². The molecule has 5 amide bonds. The zero-order valence-corrected chi connectivity index (χ0v) is 33.1. The van der Waals surface area contributed by atoms with Crippen molar-refractivity contribution >= 4 is 65.7 Å². The monoisotopic (exact) mass is 865 g/mol. The molecule has 0 bridgehead atoms. The average molecular weight is 866 g/mol. The summed E-state index contributed by atoms with van der Waals surface area (Å²) >= 11 is 4.48. The van der Waals surface area contributed by atoms with Gasteiger partial charge in [0.15, 0.2) is 0 Å². The molecule has 61 heavy (non-hydrogen) atoms. The van der Waals surface area contributed by atoms with Gasteiger partial charge >= 0.3 is 18.3 Å². The number of nitrogens with one attached hydrogen (secondary N) is 3. The van der Waals surface area contributed by atoms with Crippen LogP contribution in [0.4, 0.5) is 31.4 Å². The molecule has 5 rings (SSSR count). The maximum Gasteiger partial charge on any atom is 0.414 e. The number of hydrogen-bond acceptors (Lipinski definition) is 16. The van der Waals surface area contributed by atoms with Crippen LogP contribution in [0.5, 0.6) is 0 Å². The third-order valence-corrected chi connectivity index (χ3v) is 9.71. The summed E-state index contributed by atoms with van der Waals surface area (Å²) in [4.78, 5) is 104. The number of nitro benzene ring substituents is 3. The maximum absolute atomic E-state index is 13.7. The van der Waals surface area contributed by atoms with Gasteiger partial charge in [0.2, 0.25) is 17.8 Å². The number of carbonyl (C=O) groups is 5. The molecule has 0 unspecified atom stereocenters. The van der Waals surface area contributed by atoms with Crippen molar-refractivity contribution in [2.75, 3.05) is 19.6 Å². The molecular formula is C37H39N9O14S. The number of rotatable bonds is 13. The van der Waals surface area contributed by atoms with Crippen LogP contribution < -0.4 is 16.0 Å². The van der Waals surface area contributed by atoms with Gasteiger partial charge in [0.25, 0.3) is 17.1 Å². The lowest BCUT2D eigenvalue weighted by atomic mass is 10.2. The molecule has 0 aliphatic carbocycles. The SMILES string of the molecule is C[C@@H](N=C(NC(=O)OCc1ccc([N+](=O)[O-])cc1)NC(=O)OCc1ccc([N+](=O)[O-])cc1)C(=O)N[C@H]1CCN(C(=O)[C@@H]2C[C@H](S)CN2C(=O)OCc2ccc([N+](=O)[O-])cc2)C1. The summed E-state index contributed by atoms with van der Waals surface area (Å²) in [6.07, 6.45) is -2.39. The highest BCUT2D eigenvalue weighted by Crippen LogP contribution is 2.26. The van der Waals surface area contributed by atoms with Gasteiger partial charge < -0.3 is 24.4 Å². The van der Waals surface area contributed by atoms with E-state index in [1.807, 2.05) is 0 Å².